The molecule has 0 saturated carbocycles. The van der Waals surface area contributed by atoms with E-state index in [9.17, 15) is 4.79 Å². The first kappa shape index (κ1) is 19.2. The summed E-state index contributed by atoms with van der Waals surface area (Å²) < 4.78 is 11.4. The summed E-state index contributed by atoms with van der Waals surface area (Å²) in [5, 5.41) is 8.97. The number of hydrogen-bond donors (Lipinski definition) is 1. The van der Waals surface area contributed by atoms with Gasteiger partial charge in [0.1, 0.15) is 18.1 Å². The van der Waals surface area contributed by atoms with Crippen molar-refractivity contribution in [3.63, 3.8) is 0 Å². The standard InChI is InChI=1S/C23H21NO4/c1-2-27-21-8-5-7-20(14-21)24-15-19-6-3-4-9-22(19)28-16-17-10-12-18(13-11-17)23(25)26/h3-15H,2,16H2,1H3,(H,25,26). The van der Waals surface area contributed by atoms with Crippen molar-refractivity contribution in [3.05, 3.63) is 89.5 Å². The second kappa shape index (κ2) is 9.37. The van der Waals surface area contributed by atoms with Crippen LogP contribution in [0.25, 0.3) is 0 Å². The van der Waals surface area contributed by atoms with Gasteiger partial charge in [-0.15, -0.1) is 0 Å². The van der Waals surface area contributed by atoms with E-state index in [4.69, 9.17) is 14.6 Å². The van der Waals surface area contributed by atoms with Crippen molar-refractivity contribution in [1.29, 1.82) is 0 Å². The van der Waals surface area contributed by atoms with Crippen LogP contribution in [-0.2, 0) is 6.61 Å². The van der Waals surface area contributed by atoms with Crippen molar-refractivity contribution < 1.29 is 19.4 Å². The molecule has 142 valence electrons. The second-order valence-electron chi connectivity index (χ2n) is 6.02. The van der Waals surface area contributed by atoms with E-state index in [0.717, 1.165) is 22.6 Å². The summed E-state index contributed by atoms with van der Waals surface area (Å²) in [5.74, 6) is 0.545. The van der Waals surface area contributed by atoms with Crippen LogP contribution in [-0.4, -0.2) is 23.9 Å². The lowest BCUT2D eigenvalue weighted by atomic mass is 10.1. The molecule has 0 atom stereocenters. The lowest BCUT2D eigenvalue weighted by Crippen LogP contribution is -2.00. The molecule has 5 nitrogen and oxygen atoms in total. The fraction of sp³-hybridized carbons (Fsp3) is 0.130. The third-order valence-electron chi connectivity index (χ3n) is 4.00. The Bertz CT molecular complexity index is 964. The first-order valence-electron chi connectivity index (χ1n) is 8.96. The summed E-state index contributed by atoms with van der Waals surface area (Å²) >= 11 is 0. The SMILES string of the molecule is CCOc1cccc(N=Cc2ccccc2OCc2ccc(C(=O)O)cc2)c1. The third kappa shape index (κ3) is 5.20. The van der Waals surface area contributed by atoms with Gasteiger partial charge in [0.25, 0.3) is 0 Å². The Labute approximate surface area is 163 Å². The molecule has 0 bridgehead atoms. The number of rotatable bonds is 8. The van der Waals surface area contributed by atoms with Crippen LogP contribution in [0.1, 0.15) is 28.4 Å². The molecule has 28 heavy (non-hydrogen) atoms. The van der Waals surface area contributed by atoms with E-state index >= 15 is 0 Å². The highest BCUT2D eigenvalue weighted by Crippen LogP contribution is 2.22. The normalized spacial score (nSPS) is 10.8. The van der Waals surface area contributed by atoms with Crippen molar-refractivity contribution in [2.45, 2.75) is 13.5 Å². The Morgan fingerprint density at radius 2 is 1.79 bits per heavy atom. The fourth-order valence-corrected chi connectivity index (χ4v) is 2.59. The van der Waals surface area contributed by atoms with E-state index < -0.39 is 5.97 Å². The zero-order chi connectivity index (χ0) is 19.8. The van der Waals surface area contributed by atoms with Crippen LogP contribution >= 0.6 is 0 Å². The number of nitrogens with zero attached hydrogens (tertiary/aromatic N) is 1. The van der Waals surface area contributed by atoms with Gasteiger partial charge in [-0.2, -0.15) is 0 Å². The van der Waals surface area contributed by atoms with Crippen LogP contribution < -0.4 is 9.47 Å². The van der Waals surface area contributed by atoms with Crippen LogP contribution in [0.3, 0.4) is 0 Å². The quantitative estimate of drug-likeness (QED) is 0.555. The molecule has 3 aromatic rings. The summed E-state index contributed by atoms with van der Waals surface area (Å²) in [7, 11) is 0. The minimum atomic E-state index is -0.942. The predicted octanol–water partition coefficient (Wildman–Crippen LogP) is 5.11. The zero-order valence-corrected chi connectivity index (χ0v) is 15.5. The van der Waals surface area contributed by atoms with Crippen molar-refractivity contribution in [2.24, 2.45) is 4.99 Å². The van der Waals surface area contributed by atoms with E-state index in [1.807, 2.05) is 55.5 Å². The third-order valence-corrected chi connectivity index (χ3v) is 4.00. The molecule has 0 radical (unpaired) electrons. The number of hydrogen-bond acceptors (Lipinski definition) is 4. The van der Waals surface area contributed by atoms with Gasteiger partial charge in [0.05, 0.1) is 17.9 Å². The molecule has 0 amide bonds. The summed E-state index contributed by atoms with van der Waals surface area (Å²) in [6.07, 6.45) is 1.76. The smallest absolute Gasteiger partial charge is 0.335 e. The monoisotopic (exact) mass is 375 g/mol. The molecule has 3 rings (SSSR count). The molecule has 1 N–H and O–H groups in total. The van der Waals surface area contributed by atoms with Gasteiger partial charge in [0.2, 0.25) is 0 Å². The minimum absolute atomic E-state index is 0.255. The molecule has 0 aromatic heterocycles. The molecule has 0 aliphatic rings. The number of benzene rings is 3. The van der Waals surface area contributed by atoms with Gasteiger partial charge in [-0.25, -0.2) is 4.79 Å². The predicted molar refractivity (Wildman–Crippen MR) is 109 cm³/mol. The van der Waals surface area contributed by atoms with E-state index in [1.165, 1.54) is 0 Å². The summed E-state index contributed by atoms with van der Waals surface area (Å²) in [6, 6.07) is 21.9. The molecule has 0 saturated heterocycles. The zero-order valence-electron chi connectivity index (χ0n) is 15.5. The highest BCUT2D eigenvalue weighted by atomic mass is 16.5. The number of aromatic carboxylic acids is 1. The summed E-state index contributed by atoms with van der Waals surface area (Å²) in [4.78, 5) is 15.4. The Hall–Kier alpha value is -3.60. The van der Waals surface area contributed by atoms with Crippen molar-refractivity contribution in [3.8, 4) is 11.5 Å². The molecule has 0 unspecified atom stereocenters. The molecular weight excluding hydrogens is 354 g/mol. The first-order chi connectivity index (χ1) is 13.7. The van der Waals surface area contributed by atoms with Gasteiger partial charge < -0.3 is 14.6 Å². The van der Waals surface area contributed by atoms with Crippen LogP contribution in [0.4, 0.5) is 5.69 Å². The maximum absolute atomic E-state index is 10.9. The molecule has 0 spiro atoms. The number of carboxylic acid groups (broad SMARTS) is 1. The average molecular weight is 375 g/mol. The highest BCUT2D eigenvalue weighted by molar-refractivity contribution is 5.87. The molecule has 0 aliphatic heterocycles. The molecule has 3 aromatic carbocycles. The second-order valence-corrected chi connectivity index (χ2v) is 6.02. The van der Waals surface area contributed by atoms with Gasteiger partial charge in [0.15, 0.2) is 0 Å². The Balaban J connectivity index is 1.70. The lowest BCUT2D eigenvalue weighted by molar-refractivity contribution is 0.0697. The molecule has 0 aliphatic carbocycles. The molecular formula is C23H21NO4. The van der Waals surface area contributed by atoms with Gasteiger partial charge in [-0.05, 0) is 48.9 Å². The fourth-order valence-electron chi connectivity index (χ4n) is 2.59. The molecule has 5 heteroatoms. The van der Waals surface area contributed by atoms with Gasteiger partial charge in [-0.1, -0.05) is 30.3 Å². The van der Waals surface area contributed by atoms with Gasteiger partial charge >= 0.3 is 5.97 Å². The van der Waals surface area contributed by atoms with Crippen LogP contribution in [0, 0.1) is 0 Å². The van der Waals surface area contributed by atoms with E-state index in [-0.39, 0.29) is 5.56 Å². The number of aliphatic imine (C=N–C) groups is 1. The minimum Gasteiger partial charge on any atom is -0.494 e. The molecule has 0 fully saturated rings. The van der Waals surface area contributed by atoms with Crippen LogP contribution in [0.5, 0.6) is 11.5 Å². The van der Waals surface area contributed by atoms with Gasteiger partial charge in [-0.3, -0.25) is 4.99 Å². The van der Waals surface area contributed by atoms with Gasteiger partial charge in [0, 0.05) is 17.8 Å². The van der Waals surface area contributed by atoms with Crippen molar-refractivity contribution >= 4 is 17.9 Å². The number of carboxylic acids is 1. The summed E-state index contributed by atoms with van der Waals surface area (Å²) in [5.41, 5.74) is 2.79. The summed E-state index contributed by atoms with van der Waals surface area (Å²) in [6.45, 7) is 2.89. The maximum Gasteiger partial charge on any atom is 0.335 e. The number of carbonyl (C=O) groups is 1. The van der Waals surface area contributed by atoms with Crippen molar-refractivity contribution in [2.75, 3.05) is 6.61 Å². The van der Waals surface area contributed by atoms with Crippen LogP contribution in [0.2, 0.25) is 0 Å². The van der Waals surface area contributed by atoms with Crippen molar-refractivity contribution in [1.82, 2.24) is 0 Å². The van der Waals surface area contributed by atoms with E-state index in [0.29, 0.717) is 19.0 Å². The highest BCUT2D eigenvalue weighted by Gasteiger charge is 2.04. The average Bonchev–Trinajstić information content (AvgIpc) is 2.72. The Morgan fingerprint density at radius 3 is 2.54 bits per heavy atom. The van der Waals surface area contributed by atoms with Crippen LogP contribution in [0.15, 0.2) is 77.8 Å². The van der Waals surface area contributed by atoms with E-state index in [1.54, 1.807) is 30.5 Å². The van der Waals surface area contributed by atoms with E-state index in [2.05, 4.69) is 4.99 Å². The Kier molecular flexibility index (Phi) is 6.41. The number of ether oxygens (including phenoxy) is 2. The largest absolute Gasteiger partial charge is 0.494 e. The molecule has 0 heterocycles. The lowest BCUT2D eigenvalue weighted by Gasteiger charge is -2.09. The maximum atomic E-state index is 10.9. The first-order valence-corrected chi connectivity index (χ1v) is 8.96. The Morgan fingerprint density at radius 1 is 1.00 bits per heavy atom. The topological polar surface area (TPSA) is 68.1 Å². The number of para-hydroxylation sites is 1.